The number of rotatable bonds is 5. The summed E-state index contributed by atoms with van der Waals surface area (Å²) in [7, 11) is 0. The number of hydrogen-bond acceptors (Lipinski definition) is 2. The Morgan fingerprint density at radius 2 is 2.10 bits per heavy atom. The highest BCUT2D eigenvalue weighted by Crippen LogP contribution is 2.22. The van der Waals surface area contributed by atoms with Gasteiger partial charge in [0.1, 0.15) is 0 Å². The number of aryl methyl sites for hydroxylation is 2. The molecule has 0 fully saturated rings. The van der Waals surface area contributed by atoms with Crippen molar-refractivity contribution in [2.45, 2.75) is 39.7 Å². The number of nitrogens with one attached hydrogen (secondary N) is 2. The summed E-state index contributed by atoms with van der Waals surface area (Å²) in [5.74, 6) is 0.00229. The van der Waals surface area contributed by atoms with Crippen LogP contribution in [-0.2, 0) is 11.2 Å². The van der Waals surface area contributed by atoms with Crippen LogP contribution in [0.3, 0.4) is 0 Å². The monoisotopic (exact) mass is 305 g/mol. The van der Waals surface area contributed by atoms with Crippen molar-refractivity contribution in [1.82, 2.24) is 15.5 Å². The Hall–Kier alpha value is -1.81. The number of carbonyl (C=O) groups excluding carboxylic acids is 1. The van der Waals surface area contributed by atoms with E-state index in [1.807, 2.05) is 45.0 Å². The zero-order valence-corrected chi connectivity index (χ0v) is 13.3. The molecule has 4 nitrogen and oxygen atoms in total. The predicted molar refractivity (Wildman–Crippen MR) is 84.4 cm³/mol. The molecule has 2 aromatic rings. The summed E-state index contributed by atoms with van der Waals surface area (Å²) in [5, 5.41) is 10.8. The third-order valence-corrected chi connectivity index (χ3v) is 4.04. The lowest BCUT2D eigenvalue weighted by Gasteiger charge is -2.15. The highest BCUT2D eigenvalue weighted by Gasteiger charge is 2.13. The van der Waals surface area contributed by atoms with E-state index in [2.05, 4.69) is 15.5 Å². The van der Waals surface area contributed by atoms with Gasteiger partial charge < -0.3 is 5.32 Å². The first-order chi connectivity index (χ1) is 9.99. The van der Waals surface area contributed by atoms with Crippen molar-refractivity contribution in [3.63, 3.8) is 0 Å². The molecule has 1 heterocycles. The van der Waals surface area contributed by atoms with Crippen LogP contribution < -0.4 is 5.32 Å². The van der Waals surface area contributed by atoms with Crippen molar-refractivity contribution in [1.29, 1.82) is 0 Å². The maximum absolute atomic E-state index is 12.0. The number of halogens is 1. The minimum absolute atomic E-state index is 0.00229. The molecule has 0 aliphatic heterocycles. The Bertz CT molecular complexity index is 636. The average molecular weight is 306 g/mol. The van der Waals surface area contributed by atoms with E-state index in [1.54, 1.807) is 0 Å². The van der Waals surface area contributed by atoms with Gasteiger partial charge in [-0.3, -0.25) is 9.89 Å². The van der Waals surface area contributed by atoms with Crippen LogP contribution in [0.15, 0.2) is 24.3 Å². The lowest BCUT2D eigenvalue weighted by Crippen LogP contribution is -2.27. The molecule has 112 valence electrons. The van der Waals surface area contributed by atoms with Crippen LogP contribution in [0, 0.1) is 13.8 Å². The summed E-state index contributed by atoms with van der Waals surface area (Å²) in [4.78, 5) is 12.0. The summed E-state index contributed by atoms with van der Waals surface area (Å²) < 4.78 is 0. The molecular formula is C16H20ClN3O. The van der Waals surface area contributed by atoms with Gasteiger partial charge in [-0.15, -0.1) is 0 Å². The van der Waals surface area contributed by atoms with E-state index in [0.717, 1.165) is 22.5 Å². The molecule has 0 saturated heterocycles. The fourth-order valence-electron chi connectivity index (χ4n) is 2.23. The molecular weight excluding hydrogens is 286 g/mol. The quantitative estimate of drug-likeness (QED) is 0.888. The van der Waals surface area contributed by atoms with Gasteiger partial charge in [0.2, 0.25) is 5.91 Å². The van der Waals surface area contributed by atoms with Gasteiger partial charge in [-0.2, -0.15) is 5.10 Å². The Labute approximate surface area is 129 Å². The van der Waals surface area contributed by atoms with Crippen LogP contribution >= 0.6 is 11.6 Å². The Morgan fingerprint density at radius 1 is 1.38 bits per heavy atom. The van der Waals surface area contributed by atoms with Crippen LogP contribution in [0.1, 0.15) is 41.9 Å². The topological polar surface area (TPSA) is 57.8 Å². The van der Waals surface area contributed by atoms with E-state index in [4.69, 9.17) is 11.6 Å². The second-order valence-corrected chi connectivity index (χ2v) is 5.64. The van der Waals surface area contributed by atoms with E-state index in [-0.39, 0.29) is 11.9 Å². The second-order valence-electron chi connectivity index (χ2n) is 5.23. The van der Waals surface area contributed by atoms with E-state index < -0.39 is 0 Å². The Morgan fingerprint density at radius 3 is 2.71 bits per heavy atom. The third-order valence-electron chi connectivity index (χ3n) is 3.69. The number of nitrogens with zero attached hydrogens (tertiary/aromatic N) is 1. The number of aromatic amines is 1. The molecule has 2 rings (SSSR count). The van der Waals surface area contributed by atoms with Gasteiger partial charge in [0.05, 0.1) is 11.7 Å². The van der Waals surface area contributed by atoms with E-state index in [1.165, 1.54) is 0 Å². The van der Waals surface area contributed by atoms with Crippen LogP contribution in [0.4, 0.5) is 0 Å². The average Bonchev–Trinajstić information content (AvgIpc) is 2.77. The molecule has 21 heavy (non-hydrogen) atoms. The number of benzene rings is 1. The summed E-state index contributed by atoms with van der Waals surface area (Å²) >= 11 is 6.13. The number of carbonyl (C=O) groups is 1. The molecule has 1 atom stereocenters. The summed E-state index contributed by atoms with van der Waals surface area (Å²) in [6, 6.07) is 7.44. The van der Waals surface area contributed by atoms with Gasteiger partial charge in [-0.05, 0) is 38.0 Å². The normalized spacial score (nSPS) is 12.2. The minimum Gasteiger partial charge on any atom is -0.350 e. The van der Waals surface area contributed by atoms with Gasteiger partial charge in [0, 0.05) is 23.6 Å². The van der Waals surface area contributed by atoms with E-state index in [9.17, 15) is 4.79 Å². The van der Waals surface area contributed by atoms with Crippen LogP contribution in [-0.4, -0.2) is 16.1 Å². The first-order valence-electron chi connectivity index (χ1n) is 7.03. The van der Waals surface area contributed by atoms with E-state index >= 15 is 0 Å². The zero-order chi connectivity index (χ0) is 15.4. The number of hydrogen-bond donors (Lipinski definition) is 2. The zero-order valence-electron chi connectivity index (χ0n) is 12.5. The van der Waals surface area contributed by atoms with Crippen LogP contribution in [0.25, 0.3) is 0 Å². The molecule has 0 saturated carbocycles. The van der Waals surface area contributed by atoms with Crippen molar-refractivity contribution < 1.29 is 4.79 Å². The maximum Gasteiger partial charge on any atom is 0.220 e. The predicted octanol–water partition coefficient (Wildman–Crippen LogP) is 3.49. The van der Waals surface area contributed by atoms with E-state index in [0.29, 0.717) is 17.9 Å². The van der Waals surface area contributed by atoms with Gasteiger partial charge in [0.25, 0.3) is 0 Å². The van der Waals surface area contributed by atoms with Crippen molar-refractivity contribution >= 4 is 17.5 Å². The van der Waals surface area contributed by atoms with Crippen LogP contribution in [0.5, 0.6) is 0 Å². The smallest absolute Gasteiger partial charge is 0.220 e. The van der Waals surface area contributed by atoms with Gasteiger partial charge in [-0.25, -0.2) is 0 Å². The minimum atomic E-state index is -0.104. The molecule has 0 spiro atoms. The Balaban J connectivity index is 1.90. The number of aromatic nitrogens is 2. The largest absolute Gasteiger partial charge is 0.350 e. The second kappa shape index (κ2) is 6.76. The maximum atomic E-state index is 12.0. The van der Waals surface area contributed by atoms with Gasteiger partial charge >= 0.3 is 0 Å². The van der Waals surface area contributed by atoms with Gasteiger partial charge in [-0.1, -0.05) is 29.8 Å². The van der Waals surface area contributed by atoms with Crippen molar-refractivity contribution in [3.05, 3.63) is 51.8 Å². The molecule has 1 amide bonds. The third kappa shape index (κ3) is 3.85. The molecule has 1 aromatic carbocycles. The molecule has 2 N–H and O–H groups in total. The number of H-pyrrole nitrogens is 1. The highest BCUT2D eigenvalue weighted by molar-refractivity contribution is 6.31. The summed E-state index contributed by atoms with van der Waals surface area (Å²) in [5.41, 5.74) is 4.06. The fraction of sp³-hybridized carbons (Fsp3) is 0.375. The standard InChI is InChI=1S/C16H20ClN3O/c1-10-11(2)19-20-15(10)8-9-16(21)18-12(3)13-6-4-5-7-14(13)17/h4-7,12H,8-9H2,1-3H3,(H,18,21)(H,19,20). The molecule has 1 aromatic heterocycles. The molecule has 0 aliphatic carbocycles. The van der Waals surface area contributed by atoms with Crippen LogP contribution in [0.2, 0.25) is 5.02 Å². The summed E-state index contributed by atoms with van der Waals surface area (Å²) in [6.45, 7) is 5.92. The van der Waals surface area contributed by atoms with Gasteiger partial charge in [0.15, 0.2) is 0 Å². The van der Waals surface area contributed by atoms with Crippen molar-refractivity contribution in [2.75, 3.05) is 0 Å². The molecule has 0 aliphatic rings. The Kier molecular flexibility index (Phi) is 5.02. The highest BCUT2D eigenvalue weighted by atomic mass is 35.5. The number of amides is 1. The molecule has 0 bridgehead atoms. The van der Waals surface area contributed by atoms with Crippen molar-refractivity contribution in [2.24, 2.45) is 0 Å². The first kappa shape index (κ1) is 15.6. The van der Waals surface area contributed by atoms with Crippen molar-refractivity contribution in [3.8, 4) is 0 Å². The SMILES string of the molecule is Cc1[nH]nc(CCC(=O)NC(C)c2ccccc2Cl)c1C. The molecule has 1 unspecified atom stereocenters. The molecule has 0 radical (unpaired) electrons. The summed E-state index contributed by atoms with van der Waals surface area (Å²) in [6.07, 6.45) is 1.05. The first-order valence-corrected chi connectivity index (χ1v) is 7.41. The molecule has 5 heteroatoms. The lowest BCUT2D eigenvalue weighted by molar-refractivity contribution is -0.121. The lowest BCUT2D eigenvalue weighted by atomic mass is 10.1. The fourth-order valence-corrected chi connectivity index (χ4v) is 2.53.